The Morgan fingerprint density at radius 1 is 1.16 bits per heavy atom. The number of rotatable bonds is 9. The van der Waals surface area contributed by atoms with Crippen molar-refractivity contribution in [2.24, 2.45) is 16.5 Å². The van der Waals surface area contributed by atoms with E-state index in [1.807, 2.05) is 24.3 Å². The summed E-state index contributed by atoms with van der Waals surface area (Å²) in [5.74, 6) is 2.80. The summed E-state index contributed by atoms with van der Waals surface area (Å²) in [6.45, 7) is 1.72. The molecule has 0 saturated carbocycles. The normalized spacial score (nSPS) is 20.4. The Kier molecular flexibility index (Phi) is 6.01. The van der Waals surface area contributed by atoms with Crippen molar-refractivity contribution >= 4 is 5.84 Å². The SMILES string of the molecule is CN(C)CCCOc1ccc(CCC2(c3ccco3)N=C3C=C(N)C=C(N)N3N2)cc1. The van der Waals surface area contributed by atoms with Crippen LogP contribution in [-0.2, 0) is 12.1 Å². The zero-order valence-electron chi connectivity index (χ0n) is 18.0. The number of nitrogens with zero attached hydrogens (tertiary/aromatic N) is 3. The molecule has 31 heavy (non-hydrogen) atoms. The first-order chi connectivity index (χ1) is 14.9. The zero-order valence-corrected chi connectivity index (χ0v) is 18.0. The fourth-order valence-electron chi connectivity index (χ4n) is 3.74. The molecule has 164 valence electrons. The van der Waals surface area contributed by atoms with Gasteiger partial charge in [0.2, 0.25) is 0 Å². The molecule has 2 aromatic rings. The van der Waals surface area contributed by atoms with Gasteiger partial charge in [-0.2, -0.15) is 5.43 Å². The smallest absolute Gasteiger partial charge is 0.188 e. The molecule has 0 bridgehead atoms. The molecule has 0 amide bonds. The van der Waals surface area contributed by atoms with E-state index in [-0.39, 0.29) is 0 Å². The van der Waals surface area contributed by atoms with Crippen molar-refractivity contribution in [2.45, 2.75) is 24.9 Å². The number of fused-ring (bicyclic) bond motifs is 1. The zero-order chi connectivity index (χ0) is 21.8. The number of amidine groups is 1. The van der Waals surface area contributed by atoms with Crippen LogP contribution in [0.25, 0.3) is 0 Å². The van der Waals surface area contributed by atoms with Gasteiger partial charge in [0.1, 0.15) is 23.2 Å². The third-order valence-electron chi connectivity index (χ3n) is 5.35. The van der Waals surface area contributed by atoms with Crippen molar-refractivity contribution in [1.82, 2.24) is 15.3 Å². The molecule has 0 spiro atoms. The van der Waals surface area contributed by atoms with Crippen molar-refractivity contribution in [3.63, 3.8) is 0 Å². The van der Waals surface area contributed by atoms with Gasteiger partial charge in [0.25, 0.3) is 0 Å². The van der Waals surface area contributed by atoms with Gasteiger partial charge in [-0.15, -0.1) is 0 Å². The topological polar surface area (TPSA) is 105 Å². The van der Waals surface area contributed by atoms with Crippen molar-refractivity contribution in [3.8, 4) is 5.75 Å². The Balaban J connectivity index is 1.44. The van der Waals surface area contributed by atoms with E-state index in [0.717, 1.165) is 30.9 Å². The number of nitrogens with two attached hydrogens (primary N) is 2. The third kappa shape index (κ3) is 4.76. The molecule has 0 aliphatic carbocycles. The van der Waals surface area contributed by atoms with E-state index in [2.05, 4.69) is 36.6 Å². The fraction of sp³-hybridized carbons (Fsp3) is 0.348. The van der Waals surface area contributed by atoms with Gasteiger partial charge >= 0.3 is 0 Å². The van der Waals surface area contributed by atoms with Crippen LogP contribution in [0.3, 0.4) is 0 Å². The lowest BCUT2D eigenvalue weighted by molar-refractivity contribution is 0.201. The summed E-state index contributed by atoms with van der Waals surface area (Å²) in [4.78, 5) is 7.07. The second-order valence-electron chi connectivity index (χ2n) is 8.12. The van der Waals surface area contributed by atoms with Gasteiger partial charge in [0.05, 0.1) is 12.9 Å². The number of hydrogen-bond donors (Lipinski definition) is 3. The first-order valence-electron chi connectivity index (χ1n) is 10.5. The molecule has 0 fully saturated rings. The van der Waals surface area contributed by atoms with E-state index in [1.54, 1.807) is 23.4 Å². The maximum Gasteiger partial charge on any atom is 0.188 e. The Bertz CT molecular complexity index is 978. The van der Waals surface area contributed by atoms with E-state index in [1.165, 1.54) is 5.56 Å². The molecule has 2 aliphatic heterocycles. The summed E-state index contributed by atoms with van der Waals surface area (Å²) in [6.07, 6.45) is 7.65. The highest BCUT2D eigenvalue weighted by Gasteiger charge is 2.43. The van der Waals surface area contributed by atoms with Gasteiger partial charge in [0.15, 0.2) is 5.66 Å². The summed E-state index contributed by atoms with van der Waals surface area (Å²) in [7, 11) is 4.13. The van der Waals surface area contributed by atoms with Gasteiger partial charge in [0, 0.05) is 24.4 Å². The second kappa shape index (κ2) is 8.87. The highest BCUT2D eigenvalue weighted by molar-refractivity contribution is 5.97. The Hall–Kier alpha value is -3.23. The van der Waals surface area contributed by atoms with E-state index < -0.39 is 5.66 Å². The van der Waals surface area contributed by atoms with E-state index in [4.69, 9.17) is 25.6 Å². The van der Waals surface area contributed by atoms with Gasteiger partial charge in [-0.1, -0.05) is 12.1 Å². The van der Waals surface area contributed by atoms with E-state index in [9.17, 15) is 0 Å². The van der Waals surface area contributed by atoms with Crippen molar-refractivity contribution < 1.29 is 9.15 Å². The lowest BCUT2D eigenvalue weighted by atomic mass is 9.98. The van der Waals surface area contributed by atoms with Gasteiger partial charge in [-0.05, 0) is 63.2 Å². The molecule has 8 nitrogen and oxygen atoms in total. The third-order valence-corrected chi connectivity index (χ3v) is 5.35. The van der Waals surface area contributed by atoms with Crippen LogP contribution >= 0.6 is 0 Å². The molecule has 5 N–H and O–H groups in total. The first-order valence-corrected chi connectivity index (χ1v) is 10.5. The van der Waals surface area contributed by atoms with E-state index in [0.29, 0.717) is 30.4 Å². The van der Waals surface area contributed by atoms with Crippen LogP contribution in [0, 0.1) is 0 Å². The molecule has 1 aromatic carbocycles. The second-order valence-corrected chi connectivity index (χ2v) is 8.12. The summed E-state index contributed by atoms with van der Waals surface area (Å²) >= 11 is 0. The number of hydrazine groups is 1. The number of aryl methyl sites for hydroxylation is 1. The molecule has 1 atom stereocenters. The monoisotopic (exact) mass is 422 g/mol. The Labute approximate surface area is 182 Å². The molecule has 1 aromatic heterocycles. The number of furan rings is 1. The number of aliphatic imine (C=N–C) groups is 1. The van der Waals surface area contributed by atoms with Crippen LogP contribution in [-0.4, -0.2) is 43.0 Å². The van der Waals surface area contributed by atoms with Crippen molar-refractivity contribution in [2.75, 3.05) is 27.2 Å². The molecular weight excluding hydrogens is 392 g/mol. The van der Waals surface area contributed by atoms with Crippen LogP contribution in [0.4, 0.5) is 0 Å². The number of ether oxygens (including phenoxy) is 1. The van der Waals surface area contributed by atoms with Crippen LogP contribution in [0.15, 0.2) is 75.7 Å². The lowest BCUT2D eigenvalue weighted by Gasteiger charge is -2.29. The number of benzene rings is 1. The molecule has 0 saturated heterocycles. The maximum atomic E-state index is 6.15. The molecule has 0 radical (unpaired) electrons. The van der Waals surface area contributed by atoms with Gasteiger partial charge in [-0.3, -0.25) is 0 Å². The van der Waals surface area contributed by atoms with Gasteiger partial charge in [-0.25, -0.2) is 10.0 Å². The number of hydrogen-bond acceptors (Lipinski definition) is 8. The Morgan fingerprint density at radius 2 is 1.97 bits per heavy atom. The molecule has 4 rings (SSSR count). The summed E-state index contributed by atoms with van der Waals surface area (Å²) < 4.78 is 11.6. The first kappa shape index (κ1) is 21.0. The van der Waals surface area contributed by atoms with Crippen molar-refractivity contribution in [1.29, 1.82) is 0 Å². The molecular formula is C23H30N6O2. The lowest BCUT2D eigenvalue weighted by Crippen LogP contribution is -2.48. The molecule has 8 heteroatoms. The standard InChI is InChI=1S/C23H30N6O2/c1-28(2)12-4-14-30-19-8-6-17(7-9-19)10-11-23(20-5-3-13-31-20)26-22-16-18(24)15-21(25)29(22)27-23/h3,5-9,13,15-16,27H,4,10-12,14,24-25H2,1-2H3. The molecule has 1 unspecified atom stereocenters. The quantitative estimate of drug-likeness (QED) is 0.533. The van der Waals surface area contributed by atoms with Crippen molar-refractivity contribution in [3.05, 3.63) is 77.7 Å². The summed E-state index contributed by atoms with van der Waals surface area (Å²) in [5, 5.41) is 1.75. The summed E-state index contributed by atoms with van der Waals surface area (Å²) in [5.41, 5.74) is 16.5. The van der Waals surface area contributed by atoms with Crippen LogP contribution in [0.2, 0.25) is 0 Å². The minimum Gasteiger partial charge on any atom is -0.494 e. The van der Waals surface area contributed by atoms with Crippen LogP contribution in [0.5, 0.6) is 5.75 Å². The predicted molar refractivity (Wildman–Crippen MR) is 121 cm³/mol. The minimum absolute atomic E-state index is 0.503. The largest absolute Gasteiger partial charge is 0.494 e. The average molecular weight is 423 g/mol. The summed E-state index contributed by atoms with van der Waals surface area (Å²) in [6, 6.07) is 12.0. The molecule has 2 aliphatic rings. The Morgan fingerprint density at radius 3 is 2.68 bits per heavy atom. The highest BCUT2D eigenvalue weighted by Crippen LogP contribution is 2.35. The van der Waals surface area contributed by atoms with E-state index >= 15 is 0 Å². The maximum absolute atomic E-state index is 6.15. The average Bonchev–Trinajstić information content (AvgIpc) is 3.39. The predicted octanol–water partition coefficient (Wildman–Crippen LogP) is 2.27. The van der Waals surface area contributed by atoms with Crippen LogP contribution in [0.1, 0.15) is 24.2 Å². The van der Waals surface area contributed by atoms with Gasteiger partial charge < -0.3 is 25.5 Å². The number of nitrogens with one attached hydrogen (secondary N) is 1. The minimum atomic E-state index is -0.750. The highest BCUT2D eigenvalue weighted by atomic mass is 16.5. The molecule has 3 heterocycles. The number of allylic oxidation sites excluding steroid dienone is 1. The van der Waals surface area contributed by atoms with Crippen LogP contribution < -0.4 is 21.6 Å². The fourth-order valence-corrected chi connectivity index (χ4v) is 3.74.